The van der Waals surface area contributed by atoms with Crippen LogP contribution >= 0.6 is 0 Å². The molecule has 3 fully saturated rings. The Balaban J connectivity index is 1.44. The zero-order chi connectivity index (χ0) is 23.1. The number of esters is 1. The van der Waals surface area contributed by atoms with Gasteiger partial charge in [0.05, 0.1) is 0 Å². The highest BCUT2D eigenvalue weighted by Gasteiger charge is 2.59. The molecule has 0 bridgehead atoms. The molecule has 0 aliphatic heterocycles. The van der Waals surface area contributed by atoms with Gasteiger partial charge in [0, 0.05) is 13.3 Å². The quantitative estimate of drug-likeness (QED) is 0.292. The summed E-state index contributed by atoms with van der Waals surface area (Å²) in [7, 11) is 0. The van der Waals surface area contributed by atoms with Gasteiger partial charge >= 0.3 is 5.97 Å². The van der Waals surface area contributed by atoms with E-state index < -0.39 is 0 Å². The van der Waals surface area contributed by atoms with Gasteiger partial charge in [-0.3, -0.25) is 4.79 Å². The van der Waals surface area contributed by atoms with Crippen LogP contribution in [-0.2, 0) is 9.53 Å². The van der Waals surface area contributed by atoms with E-state index in [1.54, 1.807) is 12.5 Å². The molecule has 32 heavy (non-hydrogen) atoms. The first-order valence-electron chi connectivity index (χ1n) is 14.1. The van der Waals surface area contributed by atoms with Crippen LogP contribution in [0.3, 0.4) is 0 Å². The summed E-state index contributed by atoms with van der Waals surface area (Å²) >= 11 is 0. The number of ether oxygens (including phenoxy) is 1. The van der Waals surface area contributed by atoms with Gasteiger partial charge in [0.1, 0.15) is 6.10 Å². The van der Waals surface area contributed by atoms with Gasteiger partial charge in [-0.15, -0.1) is 0 Å². The normalized spacial score (nSPS) is 42.8. The fraction of sp³-hybridized carbons (Fsp3) is 0.900. The molecule has 4 rings (SSSR count). The number of fused-ring (bicyclic) bond motifs is 5. The summed E-state index contributed by atoms with van der Waals surface area (Å²) in [4.78, 5) is 11.5. The van der Waals surface area contributed by atoms with Crippen molar-refractivity contribution >= 4 is 5.97 Å². The lowest BCUT2D eigenvalue weighted by Crippen LogP contribution is -2.51. The first kappa shape index (κ1) is 24.3. The molecule has 4 aliphatic carbocycles. The molecule has 0 aromatic rings. The third kappa shape index (κ3) is 4.34. The lowest BCUT2D eigenvalue weighted by atomic mass is 9.47. The van der Waals surface area contributed by atoms with Crippen LogP contribution in [0.5, 0.6) is 0 Å². The minimum absolute atomic E-state index is 0.114. The van der Waals surface area contributed by atoms with Gasteiger partial charge in [0.2, 0.25) is 0 Å². The molecule has 0 saturated heterocycles. The minimum Gasteiger partial charge on any atom is -0.462 e. The summed E-state index contributed by atoms with van der Waals surface area (Å²) in [5.74, 6) is 5.24. The third-order valence-corrected chi connectivity index (χ3v) is 11.2. The molecule has 0 heterocycles. The van der Waals surface area contributed by atoms with Crippen LogP contribution < -0.4 is 0 Å². The highest BCUT2D eigenvalue weighted by atomic mass is 16.5. The maximum atomic E-state index is 11.5. The lowest BCUT2D eigenvalue weighted by molar-refractivity contribution is -0.148. The predicted molar refractivity (Wildman–Crippen MR) is 133 cm³/mol. The van der Waals surface area contributed by atoms with Crippen LogP contribution in [0.25, 0.3) is 0 Å². The molecule has 4 aliphatic rings. The van der Waals surface area contributed by atoms with Crippen molar-refractivity contribution in [3.63, 3.8) is 0 Å². The Morgan fingerprint density at radius 1 is 1.09 bits per heavy atom. The molecule has 182 valence electrons. The van der Waals surface area contributed by atoms with Crippen LogP contribution in [-0.4, -0.2) is 12.1 Å². The Morgan fingerprint density at radius 3 is 2.59 bits per heavy atom. The number of allylic oxidation sites excluding steroid dienone is 1. The molecule has 2 heteroatoms. The SMILES string of the molecule is CCC(C)CCC[C@@H](C)[C@H]1CC[C@H]2[C@@H]3CC=C4C[C@@H](OC(C)=O)CC[C@]4(C)[C@H]3CC[C@]12C. The first-order valence-corrected chi connectivity index (χ1v) is 14.1. The molecule has 0 N–H and O–H groups in total. The van der Waals surface area contributed by atoms with Gasteiger partial charge in [-0.2, -0.15) is 0 Å². The number of rotatable bonds is 7. The van der Waals surface area contributed by atoms with Gasteiger partial charge in [0.25, 0.3) is 0 Å². The number of carbonyl (C=O) groups excluding carboxylic acids is 1. The van der Waals surface area contributed by atoms with Crippen LogP contribution in [0.1, 0.15) is 119 Å². The zero-order valence-electron chi connectivity index (χ0n) is 21.9. The summed E-state index contributed by atoms with van der Waals surface area (Å²) < 4.78 is 5.62. The third-order valence-electron chi connectivity index (χ3n) is 11.2. The molecule has 9 atom stereocenters. The highest BCUT2D eigenvalue weighted by Crippen LogP contribution is 2.67. The van der Waals surface area contributed by atoms with Crippen molar-refractivity contribution in [1.82, 2.24) is 0 Å². The van der Waals surface area contributed by atoms with Crippen LogP contribution in [0.15, 0.2) is 11.6 Å². The van der Waals surface area contributed by atoms with Crippen molar-refractivity contribution in [2.24, 2.45) is 46.3 Å². The van der Waals surface area contributed by atoms with Crippen molar-refractivity contribution in [3.05, 3.63) is 11.6 Å². The second kappa shape index (κ2) is 9.46. The van der Waals surface area contributed by atoms with E-state index in [4.69, 9.17) is 4.74 Å². The monoisotopic (exact) mass is 442 g/mol. The van der Waals surface area contributed by atoms with Crippen LogP contribution in [0.4, 0.5) is 0 Å². The highest BCUT2D eigenvalue weighted by molar-refractivity contribution is 5.66. The van der Waals surface area contributed by atoms with Gasteiger partial charge in [-0.05, 0) is 91.3 Å². The first-order chi connectivity index (χ1) is 15.2. The maximum absolute atomic E-state index is 11.5. The summed E-state index contributed by atoms with van der Waals surface area (Å²) in [6.45, 7) is 14.1. The van der Waals surface area contributed by atoms with Gasteiger partial charge in [-0.25, -0.2) is 0 Å². The largest absolute Gasteiger partial charge is 0.462 e. The van der Waals surface area contributed by atoms with Gasteiger partial charge in [0.15, 0.2) is 0 Å². The predicted octanol–water partition coefficient (Wildman–Crippen LogP) is 8.35. The Kier molecular flexibility index (Phi) is 7.19. The van der Waals surface area contributed by atoms with Crippen LogP contribution in [0, 0.1) is 46.3 Å². The van der Waals surface area contributed by atoms with E-state index in [0.717, 1.165) is 48.3 Å². The number of hydrogen-bond acceptors (Lipinski definition) is 2. The average Bonchev–Trinajstić information content (AvgIpc) is 3.10. The second-order valence-corrected chi connectivity index (χ2v) is 12.9. The van der Waals surface area contributed by atoms with Gasteiger partial charge in [-0.1, -0.05) is 72.0 Å². The smallest absolute Gasteiger partial charge is 0.302 e. The Morgan fingerprint density at radius 2 is 1.88 bits per heavy atom. The molecule has 0 aromatic heterocycles. The Hall–Kier alpha value is -0.790. The summed E-state index contributed by atoms with van der Waals surface area (Å²) in [5, 5.41) is 0. The molecule has 0 aromatic carbocycles. The zero-order valence-corrected chi connectivity index (χ0v) is 21.9. The Labute approximate surface area is 198 Å². The summed E-state index contributed by atoms with van der Waals surface area (Å²) in [6, 6.07) is 0. The Bertz CT molecular complexity index is 710. The maximum Gasteiger partial charge on any atom is 0.302 e. The second-order valence-electron chi connectivity index (χ2n) is 12.9. The van der Waals surface area contributed by atoms with E-state index >= 15 is 0 Å². The minimum atomic E-state index is -0.114. The molecule has 2 nitrogen and oxygen atoms in total. The summed E-state index contributed by atoms with van der Waals surface area (Å²) in [6.07, 6.45) is 18.6. The molecule has 0 amide bonds. The van der Waals surface area contributed by atoms with Crippen molar-refractivity contribution in [2.75, 3.05) is 0 Å². The molecular formula is C30H50O2. The number of carbonyl (C=O) groups is 1. The molecule has 1 unspecified atom stereocenters. The van der Waals surface area contributed by atoms with Crippen LogP contribution in [0.2, 0.25) is 0 Å². The van der Waals surface area contributed by atoms with E-state index in [0.29, 0.717) is 10.8 Å². The van der Waals surface area contributed by atoms with Gasteiger partial charge < -0.3 is 4.74 Å². The van der Waals surface area contributed by atoms with Crippen molar-refractivity contribution in [3.8, 4) is 0 Å². The molecular weight excluding hydrogens is 392 g/mol. The fourth-order valence-electron chi connectivity index (χ4n) is 9.13. The topological polar surface area (TPSA) is 26.3 Å². The van der Waals surface area contributed by atoms with Crippen molar-refractivity contribution < 1.29 is 9.53 Å². The van der Waals surface area contributed by atoms with Crippen molar-refractivity contribution in [1.29, 1.82) is 0 Å². The molecule has 0 spiro atoms. The van der Waals surface area contributed by atoms with E-state index in [-0.39, 0.29) is 12.1 Å². The van der Waals surface area contributed by atoms with Crippen molar-refractivity contribution in [2.45, 2.75) is 125 Å². The lowest BCUT2D eigenvalue weighted by Gasteiger charge is -2.58. The average molecular weight is 443 g/mol. The summed E-state index contributed by atoms with van der Waals surface area (Å²) in [5.41, 5.74) is 2.53. The molecule has 3 saturated carbocycles. The fourth-order valence-corrected chi connectivity index (χ4v) is 9.13. The number of hydrogen-bond donors (Lipinski definition) is 0. The van der Waals surface area contributed by atoms with E-state index in [9.17, 15) is 4.79 Å². The van der Waals surface area contributed by atoms with E-state index in [1.807, 2.05) is 0 Å². The standard InChI is InChI=1S/C30H50O2/c1-7-20(2)9-8-10-21(3)26-13-14-27-25-12-11-23-19-24(32-22(4)31)15-17-29(23,5)28(25)16-18-30(26,27)6/h11,20-21,24-28H,7-10,12-19H2,1-6H3/t20?,21-,24+,25+,26-,27+,28+,29+,30-/m1/s1. The molecule has 0 radical (unpaired) electrons. The van der Waals surface area contributed by atoms with E-state index in [2.05, 4.69) is 40.7 Å². The van der Waals surface area contributed by atoms with E-state index in [1.165, 1.54) is 64.2 Å².